The summed E-state index contributed by atoms with van der Waals surface area (Å²) in [7, 11) is 0. The van der Waals surface area contributed by atoms with E-state index in [1.54, 1.807) is 0 Å². The number of amides is 2. The largest absolute Gasteiger partial charge is 1.00 e. The molecule has 0 spiro atoms. The fraction of sp³-hybridized carbons (Fsp3) is 0.500. The number of nitrogens with one attached hydrogen (secondary N) is 4. The average Bonchev–Trinajstić information content (AvgIpc) is 2.75. The van der Waals surface area contributed by atoms with E-state index in [0.717, 1.165) is 37.5 Å². The Balaban J connectivity index is 0.00000480. The fourth-order valence-electron chi connectivity index (χ4n) is 3.06. The van der Waals surface area contributed by atoms with Gasteiger partial charge < -0.3 is 25.9 Å². The molecule has 31 heavy (non-hydrogen) atoms. The number of aliphatic carboxylic acids is 1. The van der Waals surface area contributed by atoms with Gasteiger partial charge in [-0.25, -0.2) is 10.5 Å². The molecule has 1 aliphatic rings. The third-order valence-electron chi connectivity index (χ3n) is 4.70. The van der Waals surface area contributed by atoms with E-state index in [2.05, 4.69) is 20.9 Å². The number of hydroxylamine groups is 1. The van der Waals surface area contributed by atoms with Crippen LogP contribution in [0.4, 0.5) is 5.69 Å². The average molecular weight is 441 g/mol. The second-order valence-electron chi connectivity index (χ2n) is 7.04. The van der Waals surface area contributed by atoms with Crippen molar-refractivity contribution in [1.29, 1.82) is 0 Å². The quantitative estimate of drug-likeness (QED) is 0.100. The van der Waals surface area contributed by atoms with Gasteiger partial charge in [0.25, 0.3) is 5.91 Å². The van der Waals surface area contributed by atoms with E-state index in [-0.39, 0.29) is 48.3 Å². The number of fused-ring (bicyclic) bond motifs is 1. The number of unbranched alkanes of at least 4 members (excludes halogenated alkanes) is 3. The zero-order valence-electron chi connectivity index (χ0n) is 17.8. The van der Waals surface area contributed by atoms with Crippen molar-refractivity contribution in [2.24, 2.45) is 4.99 Å². The van der Waals surface area contributed by atoms with Crippen molar-refractivity contribution in [2.45, 2.75) is 57.5 Å². The van der Waals surface area contributed by atoms with Crippen LogP contribution in [0.25, 0.3) is 0 Å². The molecular weight excluding hydrogens is 413 g/mol. The number of aliphatic imine (C=N–C) groups is 1. The second kappa shape index (κ2) is 14.8. The maximum absolute atomic E-state index is 11.9. The van der Waals surface area contributed by atoms with Crippen molar-refractivity contribution in [3.63, 3.8) is 0 Å². The summed E-state index contributed by atoms with van der Waals surface area (Å²) in [5.74, 6) is -1.78. The molecule has 1 heterocycles. The van der Waals surface area contributed by atoms with Crippen LogP contribution in [0.15, 0.2) is 29.3 Å². The number of guanidine groups is 1. The van der Waals surface area contributed by atoms with E-state index in [1.807, 2.05) is 24.3 Å². The molecule has 1 aromatic rings. The maximum Gasteiger partial charge on any atom is 1.00 e. The van der Waals surface area contributed by atoms with Crippen LogP contribution < -0.4 is 56.1 Å². The number of benzene rings is 1. The molecule has 0 aromatic heterocycles. The molecule has 0 unspecified atom stereocenters. The predicted octanol–water partition coefficient (Wildman–Crippen LogP) is -2.97. The Labute approximate surface area is 203 Å². The smallest absolute Gasteiger partial charge is 0.550 e. The van der Waals surface area contributed by atoms with E-state index < -0.39 is 24.3 Å². The van der Waals surface area contributed by atoms with Gasteiger partial charge >= 0.3 is 29.6 Å². The van der Waals surface area contributed by atoms with E-state index in [9.17, 15) is 19.5 Å². The van der Waals surface area contributed by atoms with Crippen molar-refractivity contribution in [3.05, 3.63) is 29.8 Å². The van der Waals surface area contributed by atoms with Crippen LogP contribution in [0.1, 0.15) is 50.5 Å². The molecule has 2 amide bonds. The van der Waals surface area contributed by atoms with Crippen LogP contribution in [-0.2, 0) is 20.9 Å². The van der Waals surface area contributed by atoms with Gasteiger partial charge in [-0.1, -0.05) is 31.0 Å². The molecule has 0 bridgehead atoms. The Bertz CT molecular complexity index is 774. The number of carbonyl (C=O) groups is 3. The number of nitrogens with zero attached hydrogens (tertiary/aromatic N) is 1. The molecule has 164 valence electrons. The number of carboxylic acids is 1. The summed E-state index contributed by atoms with van der Waals surface area (Å²) >= 11 is 0. The van der Waals surface area contributed by atoms with Crippen LogP contribution in [0.2, 0.25) is 0 Å². The van der Waals surface area contributed by atoms with E-state index in [4.69, 9.17) is 5.21 Å². The minimum atomic E-state index is -1.33. The summed E-state index contributed by atoms with van der Waals surface area (Å²) in [6.45, 7) is 1.42. The van der Waals surface area contributed by atoms with Crippen LogP contribution >= 0.6 is 0 Å². The second-order valence-corrected chi connectivity index (χ2v) is 7.04. The van der Waals surface area contributed by atoms with Gasteiger partial charge in [-0.05, 0) is 37.3 Å². The first kappa shape index (κ1) is 26.9. The Hall–Kier alpha value is -2.14. The summed E-state index contributed by atoms with van der Waals surface area (Å²) < 4.78 is 0. The van der Waals surface area contributed by atoms with Crippen LogP contribution in [0.5, 0.6) is 0 Å². The number of hydrogen-bond acceptors (Lipinski definition) is 8. The Morgan fingerprint density at radius 3 is 2.61 bits per heavy atom. The molecule has 5 N–H and O–H groups in total. The number of carboxylic acid groups (broad SMARTS) is 1. The molecule has 2 rings (SSSR count). The minimum absolute atomic E-state index is 0. The molecule has 10 nitrogen and oxygen atoms in total. The molecule has 11 heteroatoms. The SMILES string of the molecule is O=C([O-])CC[C@@H](NC(=O)CCCCCCNC1=NCc2ccccc2N1)C(=O)NO.[Na+]. The normalized spacial score (nSPS) is 12.9. The molecule has 0 radical (unpaired) electrons. The van der Waals surface area contributed by atoms with Crippen molar-refractivity contribution < 1.29 is 54.3 Å². The van der Waals surface area contributed by atoms with Gasteiger partial charge in [0.2, 0.25) is 5.91 Å². The maximum atomic E-state index is 11.9. The topological polar surface area (TPSA) is 155 Å². The Morgan fingerprint density at radius 2 is 1.87 bits per heavy atom. The molecule has 0 saturated heterocycles. The standard InChI is InChI=1S/C20H29N5O5.Na/c26-17(23-16(19(29)25-30)10-11-18(27)28)9-3-1-2-6-12-21-20-22-13-14-7-4-5-8-15(14)24-20;/h4-5,7-8,16,30H,1-3,6,9-13H2,(H,23,26)(H,25,29)(H,27,28)(H2,21,22,24);/q;+1/p-1/t16-;/m1./s1. The first-order valence-electron chi connectivity index (χ1n) is 10.1. The molecule has 1 aromatic carbocycles. The minimum Gasteiger partial charge on any atom is -0.550 e. The monoisotopic (exact) mass is 441 g/mol. The van der Waals surface area contributed by atoms with Gasteiger partial charge in [0.1, 0.15) is 6.04 Å². The summed E-state index contributed by atoms with van der Waals surface area (Å²) in [6.07, 6.45) is 3.02. The van der Waals surface area contributed by atoms with Gasteiger partial charge in [0.15, 0.2) is 5.96 Å². The first-order valence-corrected chi connectivity index (χ1v) is 10.1. The van der Waals surface area contributed by atoms with Gasteiger partial charge in [-0.2, -0.15) is 0 Å². The van der Waals surface area contributed by atoms with Crippen molar-refractivity contribution in [1.82, 2.24) is 16.1 Å². The number of carbonyl (C=O) groups excluding carboxylic acids is 3. The molecular formula is C20H28N5NaO5. The van der Waals surface area contributed by atoms with Gasteiger partial charge in [-0.15, -0.1) is 0 Å². The molecule has 1 atom stereocenters. The van der Waals surface area contributed by atoms with Crippen molar-refractivity contribution >= 4 is 29.4 Å². The number of para-hydroxylation sites is 1. The molecule has 0 saturated carbocycles. The van der Waals surface area contributed by atoms with E-state index in [0.29, 0.717) is 13.0 Å². The zero-order chi connectivity index (χ0) is 21.8. The first-order chi connectivity index (χ1) is 14.5. The molecule has 1 aliphatic heterocycles. The van der Waals surface area contributed by atoms with Crippen LogP contribution in [0, 0.1) is 0 Å². The van der Waals surface area contributed by atoms with Crippen molar-refractivity contribution in [2.75, 3.05) is 11.9 Å². The fourth-order valence-corrected chi connectivity index (χ4v) is 3.06. The summed E-state index contributed by atoms with van der Waals surface area (Å²) in [4.78, 5) is 38.4. The van der Waals surface area contributed by atoms with Crippen LogP contribution in [0.3, 0.4) is 0 Å². The third-order valence-corrected chi connectivity index (χ3v) is 4.70. The Morgan fingerprint density at radius 1 is 1.13 bits per heavy atom. The third kappa shape index (κ3) is 10.1. The molecule has 0 aliphatic carbocycles. The summed E-state index contributed by atoms with van der Waals surface area (Å²) in [5, 5.41) is 28.2. The predicted molar refractivity (Wildman–Crippen MR) is 108 cm³/mol. The Kier molecular flexibility index (Phi) is 12.8. The summed E-state index contributed by atoms with van der Waals surface area (Å²) in [5.41, 5.74) is 3.66. The zero-order valence-corrected chi connectivity index (χ0v) is 19.8. The number of rotatable bonds is 12. The van der Waals surface area contributed by atoms with Crippen molar-refractivity contribution in [3.8, 4) is 0 Å². The van der Waals surface area contributed by atoms with Gasteiger partial charge in [0.05, 0.1) is 6.54 Å². The van der Waals surface area contributed by atoms with E-state index in [1.165, 1.54) is 11.0 Å². The number of hydrogen-bond donors (Lipinski definition) is 5. The number of anilines is 1. The van der Waals surface area contributed by atoms with Gasteiger partial charge in [0, 0.05) is 24.6 Å². The summed E-state index contributed by atoms with van der Waals surface area (Å²) in [6, 6.07) is 6.93. The van der Waals surface area contributed by atoms with Gasteiger partial charge in [-0.3, -0.25) is 14.8 Å². The molecule has 0 fully saturated rings. The van der Waals surface area contributed by atoms with E-state index >= 15 is 0 Å². The van der Waals surface area contributed by atoms with Crippen LogP contribution in [-0.4, -0.2) is 41.5 Å².